The first kappa shape index (κ1) is 23.5. The quantitative estimate of drug-likeness (QED) is 0.239. The lowest BCUT2D eigenvalue weighted by molar-refractivity contribution is -0.126. The van der Waals surface area contributed by atoms with Gasteiger partial charge in [0.2, 0.25) is 17.7 Å². The Balaban J connectivity index is 1.31. The molecule has 3 aromatic carbocycles. The van der Waals surface area contributed by atoms with E-state index in [1.165, 1.54) is 0 Å². The van der Waals surface area contributed by atoms with Crippen molar-refractivity contribution in [2.45, 2.75) is 19.4 Å². The molecule has 0 aliphatic carbocycles. The molecule has 0 atom stereocenters. The summed E-state index contributed by atoms with van der Waals surface area (Å²) in [6, 6.07) is 20.8. The largest absolute Gasteiger partial charge is 0.384 e. The van der Waals surface area contributed by atoms with Crippen LogP contribution in [0.2, 0.25) is 0 Å². The number of fused-ring (bicyclic) bond motifs is 1. The second-order valence-corrected chi connectivity index (χ2v) is 7.62. The Morgan fingerprint density at radius 1 is 0.758 bits per heavy atom. The van der Waals surface area contributed by atoms with Crippen molar-refractivity contribution in [3.05, 3.63) is 83.4 Å². The highest BCUT2D eigenvalue weighted by molar-refractivity contribution is 5.94. The van der Waals surface area contributed by atoms with Crippen molar-refractivity contribution in [3.63, 3.8) is 0 Å². The highest BCUT2D eigenvalue weighted by atomic mass is 16.2. The molecule has 0 aliphatic rings. The van der Waals surface area contributed by atoms with Gasteiger partial charge in [0, 0.05) is 25.1 Å². The molecule has 33 heavy (non-hydrogen) atoms. The van der Waals surface area contributed by atoms with Crippen molar-refractivity contribution in [2.24, 2.45) is 5.73 Å². The summed E-state index contributed by atoms with van der Waals surface area (Å²) in [5.41, 5.74) is 7.78. The summed E-state index contributed by atoms with van der Waals surface area (Å²) in [6.45, 7) is 0.357. The third-order valence-corrected chi connectivity index (χ3v) is 5.05. The van der Waals surface area contributed by atoms with Gasteiger partial charge in [-0.25, -0.2) is 0 Å². The summed E-state index contributed by atoms with van der Waals surface area (Å²) in [4.78, 5) is 36.0. The van der Waals surface area contributed by atoms with E-state index in [9.17, 15) is 14.4 Å². The summed E-state index contributed by atoms with van der Waals surface area (Å²) in [5, 5.41) is 17.5. The average molecular weight is 446 g/mol. The first-order chi connectivity index (χ1) is 15.9. The van der Waals surface area contributed by atoms with Crippen molar-refractivity contribution in [1.82, 2.24) is 16.0 Å². The Labute approximate surface area is 192 Å². The van der Waals surface area contributed by atoms with Gasteiger partial charge in [0.05, 0.1) is 13.0 Å². The van der Waals surface area contributed by atoms with Crippen LogP contribution in [0.5, 0.6) is 0 Å². The fourth-order valence-electron chi connectivity index (χ4n) is 3.24. The summed E-state index contributed by atoms with van der Waals surface area (Å²) < 4.78 is 0. The maximum Gasteiger partial charge on any atom is 0.239 e. The van der Waals surface area contributed by atoms with Crippen LogP contribution in [-0.2, 0) is 27.3 Å². The van der Waals surface area contributed by atoms with Crippen LogP contribution in [0.25, 0.3) is 10.8 Å². The zero-order chi connectivity index (χ0) is 23.6. The number of carbonyl (C=O) groups is 3. The Hall–Kier alpha value is -4.20. The molecule has 0 saturated carbocycles. The summed E-state index contributed by atoms with van der Waals surface area (Å²) in [5.74, 6) is -0.814. The zero-order valence-electron chi connectivity index (χ0n) is 18.2. The Morgan fingerprint density at radius 3 is 2.18 bits per heavy atom. The highest BCUT2D eigenvalue weighted by Crippen LogP contribution is 2.15. The van der Waals surface area contributed by atoms with Crippen molar-refractivity contribution in [3.8, 4) is 0 Å². The summed E-state index contributed by atoms with van der Waals surface area (Å²) in [6.07, 6.45) is 0.325. The lowest BCUT2D eigenvalue weighted by Crippen LogP contribution is -2.38. The molecule has 0 aromatic heterocycles. The Kier molecular flexibility index (Phi) is 8.13. The minimum Gasteiger partial charge on any atom is -0.384 e. The molecule has 0 aliphatic heterocycles. The van der Waals surface area contributed by atoms with Crippen LogP contribution in [0.3, 0.4) is 0 Å². The van der Waals surface area contributed by atoms with Gasteiger partial charge >= 0.3 is 0 Å². The Bertz CT molecular complexity index is 1160. The number of nitrogens with two attached hydrogens (primary N) is 1. The van der Waals surface area contributed by atoms with Crippen LogP contribution in [-0.4, -0.2) is 36.6 Å². The van der Waals surface area contributed by atoms with Crippen LogP contribution in [0, 0.1) is 5.41 Å². The Morgan fingerprint density at radius 2 is 1.45 bits per heavy atom. The predicted octanol–water partition coefficient (Wildman–Crippen LogP) is 1.61. The van der Waals surface area contributed by atoms with E-state index in [4.69, 9.17) is 11.1 Å². The second-order valence-electron chi connectivity index (χ2n) is 7.62. The zero-order valence-corrected chi connectivity index (χ0v) is 18.2. The second kappa shape index (κ2) is 11.4. The van der Waals surface area contributed by atoms with Crippen LogP contribution in [0.4, 0.5) is 0 Å². The normalized spacial score (nSPS) is 10.4. The summed E-state index contributed by atoms with van der Waals surface area (Å²) in [7, 11) is 0. The van der Waals surface area contributed by atoms with Crippen LogP contribution < -0.4 is 21.7 Å². The van der Waals surface area contributed by atoms with E-state index in [1.54, 1.807) is 24.3 Å². The van der Waals surface area contributed by atoms with E-state index in [0.29, 0.717) is 12.1 Å². The number of amidine groups is 1. The van der Waals surface area contributed by atoms with Gasteiger partial charge in [-0.05, 0) is 21.9 Å². The maximum absolute atomic E-state index is 12.1. The lowest BCUT2D eigenvalue weighted by atomic mass is 10.0. The molecule has 0 unspecified atom stereocenters. The predicted molar refractivity (Wildman–Crippen MR) is 128 cm³/mol. The van der Waals surface area contributed by atoms with Gasteiger partial charge in [0.1, 0.15) is 5.84 Å². The van der Waals surface area contributed by atoms with Gasteiger partial charge in [0.25, 0.3) is 0 Å². The number of hydrogen-bond donors (Lipinski definition) is 5. The number of amides is 3. The van der Waals surface area contributed by atoms with E-state index in [-0.39, 0.29) is 49.5 Å². The minimum absolute atomic E-state index is 0.0156. The number of nitrogens with one attached hydrogen (secondary N) is 4. The van der Waals surface area contributed by atoms with Crippen molar-refractivity contribution in [2.75, 3.05) is 13.1 Å². The molecule has 170 valence electrons. The van der Waals surface area contributed by atoms with Gasteiger partial charge in [-0.3, -0.25) is 19.8 Å². The fourth-order valence-corrected chi connectivity index (χ4v) is 3.24. The first-order valence-electron chi connectivity index (χ1n) is 10.6. The van der Waals surface area contributed by atoms with E-state index < -0.39 is 0 Å². The third-order valence-electron chi connectivity index (χ3n) is 5.05. The molecule has 0 radical (unpaired) electrons. The van der Waals surface area contributed by atoms with Gasteiger partial charge in [-0.1, -0.05) is 66.7 Å². The van der Waals surface area contributed by atoms with Gasteiger partial charge in [0.15, 0.2) is 0 Å². The molecule has 0 saturated heterocycles. The molecule has 0 fully saturated rings. The summed E-state index contributed by atoms with van der Waals surface area (Å²) >= 11 is 0. The monoisotopic (exact) mass is 445 g/mol. The van der Waals surface area contributed by atoms with Gasteiger partial charge < -0.3 is 21.7 Å². The fraction of sp³-hybridized carbons (Fsp3) is 0.200. The van der Waals surface area contributed by atoms with Gasteiger partial charge in [-0.2, -0.15) is 0 Å². The van der Waals surface area contributed by atoms with Crippen molar-refractivity contribution in [1.29, 1.82) is 5.41 Å². The number of rotatable bonds is 10. The van der Waals surface area contributed by atoms with Gasteiger partial charge in [-0.15, -0.1) is 0 Å². The van der Waals surface area contributed by atoms with E-state index in [0.717, 1.165) is 21.9 Å². The first-order valence-corrected chi connectivity index (χ1v) is 10.6. The number of nitrogen functional groups attached to an aromatic ring is 1. The molecule has 0 spiro atoms. The molecule has 8 heteroatoms. The van der Waals surface area contributed by atoms with Crippen LogP contribution in [0.15, 0.2) is 66.7 Å². The lowest BCUT2D eigenvalue weighted by Gasteiger charge is -2.09. The molecule has 8 nitrogen and oxygen atoms in total. The maximum atomic E-state index is 12.1. The molecule has 3 amide bonds. The molecule has 3 aromatic rings. The standard InChI is InChI=1S/C25H27N5O3/c26-25(27)20-9-5-17(6-10-20)15-29-24(33)16-30-22(31)11-12-28-23(32)14-18-7-8-19-3-1-2-4-21(19)13-18/h1-10,13H,11-12,14-16H2,(H3,26,27)(H,28,32)(H,29,33)(H,30,31). The van der Waals surface area contributed by atoms with E-state index in [2.05, 4.69) is 16.0 Å². The number of hydrogen-bond acceptors (Lipinski definition) is 4. The van der Waals surface area contributed by atoms with E-state index >= 15 is 0 Å². The molecule has 6 N–H and O–H groups in total. The topological polar surface area (TPSA) is 137 Å². The average Bonchev–Trinajstić information content (AvgIpc) is 2.81. The molecular weight excluding hydrogens is 418 g/mol. The van der Waals surface area contributed by atoms with Crippen molar-refractivity contribution >= 4 is 34.3 Å². The number of benzene rings is 3. The van der Waals surface area contributed by atoms with Crippen LogP contribution >= 0.6 is 0 Å². The molecule has 0 bridgehead atoms. The van der Waals surface area contributed by atoms with Crippen molar-refractivity contribution < 1.29 is 14.4 Å². The highest BCUT2D eigenvalue weighted by Gasteiger charge is 2.08. The molecule has 3 rings (SSSR count). The minimum atomic E-state index is -0.320. The van der Waals surface area contributed by atoms with E-state index in [1.807, 2.05) is 42.5 Å². The van der Waals surface area contributed by atoms with Crippen LogP contribution in [0.1, 0.15) is 23.1 Å². The molecular formula is C25H27N5O3. The SMILES string of the molecule is N=C(N)c1ccc(CNC(=O)CNC(=O)CCNC(=O)Cc2ccc3ccccc3c2)cc1. The number of carbonyl (C=O) groups excluding carboxylic acids is 3. The third kappa shape index (κ3) is 7.46. The molecule has 0 heterocycles. The smallest absolute Gasteiger partial charge is 0.239 e.